The van der Waals surface area contributed by atoms with Gasteiger partial charge in [-0.1, -0.05) is 0 Å². The van der Waals surface area contributed by atoms with Gasteiger partial charge in [0.2, 0.25) is 0 Å². The lowest BCUT2D eigenvalue weighted by Crippen LogP contribution is -2.52. The Morgan fingerprint density at radius 1 is 1.72 bits per heavy atom. The van der Waals surface area contributed by atoms with E-state index < -0.39 is 5.97 Å². The van der Waals surface area contributed by atoms with Crippen molar-refractivity contribution in [3.63, 3.8) is 0 Å². The Labute approximate surface area is 110 Å². The van der Waals surface area contributed by atoms with E-state index in [4.69, 9.17) is 9.84 Å². The molecule has 1 fully saturated rings. The number of aliphatic carboxylic acids is 1. The maximum absolute atomic E-state index is 10.6. The van der Waals surface area contributed by atoms with Gasteiger partial charge in [-0.25, -0.2) is 4.98 Å². The topological polar surface area (TPSA) is 62.7 Å². The van der Waals surface area contributed by atoms with Crippen molar-refractivity contribution in [2.75, 3.05) is 18.0 Å². The molecule has 0 bridgehead atoms. The summed E-state index contributed by atoms with van der Waals surface area (Å²) in [6.07, 6.45) is 0.139. The summed E-state index contributed by atoms with van der Waals surface area (Å²) >= 11 is 1.50. The van der Waals surface area contributed by atoms with Crippen molar-refractivity contribution >= 4 is 22.4 Å². The molecule has 1 atom stereocenters. The van der Waals surface area contributed by atoms with Crippen LogP contribution in [-0.4, -0.2) is 40.9 Å². The highest BCUT2D eigenvalue weighted by atomic mass is 32.1. The first-order valence-corrected chi connectivity index (χ1v) is 6.83. The minimum Gasteiger partial charge on any atom is -0.481 e. The molecule has 0 amide bonds. The highest BCUT2D eigenvalue weighted by Gasteiger charge is 2.32. The molecule has 1 aliphatic heterocycles. The monoisotopic (exact) mass is 270 g/mol. The molecular formula is C12H18N2O3S. The number of thiazole rings is 1. The number of hydrogen-bond acceptors (Lipinski definition) is 5. The van der Waals surface area contributed by atoms with Crippen LogP contribution in [-0.2, 0) is 16.0 Å². The zero-order valence-electron chi connectivity index (χ0n) is 10.8. The maximum Gasteiger partial charge on any atom is 0.309 e. The van der Waals surface area contributed by atoms with Crippen LogP contribution in [0.1, 0.15) is 26.5 Å². The Hall–Kier alpha value is -1.14. The van der Waals surface area contributed by atoms with E-state index in [0.717, 1.165) is 18.2 Å². The summed E-state index contributed by atoms with van der Waals surface area (Å²) < 4.78 is 5.84. The Morgan fingerprint density at radius 2 is 2.44 bits per heavy atom. The van der Waals surface area contributed by atoms with Crippen LogP contribution < -0.4 is 4.90 Å². The van der Waals surface area contributed by atoms with E-state index in [0.29, 0.717) is 5.69 Å². The van der Waals surface area contributed by atoms with Crippen LogP contribution in [0.4, 0.5) is 5.13 Å². The van der Waals surface area contributed by atoms with Crippen LogP contribution in [0.25, 0.3) is 0 Å². The average Bonchev–Trinajstić information content (AvgIpc) is 2.61. The SMILES string of the molecule is CC1CN(c2nc(CC(=O)O)cs2)CC(C)(C)O1. The Balaban J connectivity index is 2.11. The highest BCUT2D eigenvalue weighted by molar-refractivity contribution is 7.13. The van der Waals surface area contributed by atoms with E-state index >= 15 is 0 Å². The number of aromatic nitrogens is 1. The van der Waals surface area contributed by atoms with Gasteiger partial charge < -0.3 is 14.7 Å². The lowest BCUT2D eigenvalue weighted by atomic mass is 10.1. The number of carbonyl (C=O) groups is 1. The molecule has 1 aromatic rings. The molecule has 1 aliphatic rings. The normalized spacial score (nSPS) is 23.1. The van der Waals surface area contributed by atoms with Crippen molar-refractivity contribution in [2.24, 2.45) is 0 Å². The molecule has 5 nitrogen and oxygen atoms in total. The molecular weight excluding hydrogens is 252 g/mol. The van der Waals surface area contributed by atoms with Gasteiger partial charge >= 0.3 is 5.97 Å². The molecule has 0 radical (unpaired) electrons. The molecule has 1 unspecified atom stereocenters. The van der Waals surface area contributed by atoms with Crippen LogP contribution in [0.2, 0.25) is 0 Å². The summed E-state index contributed by atoms with van der Waals surface area (Å²) in [5.41, 5.74) is 0.426. The molecule has 1 N–H and O–H groups in total. The van der Waals surface area contributed by atoms with Crippen molar-refractivity contribution in [2.45, 2.75) is 38.9 Å². The van der Waals surface area contributed by atoms with Gasteiger partial charge in [-0.15, -0.1) is 11.3 Å². The quantitative estimate of drug-likeness (QED) is 0.907. The molecule has 2 rings (SSSR count). The van der Waals surface area contributed by atoms with Crippen molar-refractivity contribution < 1.29 is 14.6 Å². The molecule has 18 heavy (non-hydrogen) atoms. The van der Waals surface area contributed by atoms with Gasteiger partial charge in [0.15, 0.2) is 5.13 Å². The minimum absolute atomic E-state index is 0.0141. The highest BCUT2D eigenvalue weighted by Crippen LogP contribution is 2.28. The van der Waals surface area contributed by atoms with Gasteiger partial charge in [0.1, 0.15) is 0 Å². The Kier molecular flexibility index (Phi) is 3.59. The number of ether oxygens (including phenoxy) is 1. The zero-order chi connectivity index (χ0) is 13.3. The van der Waals surface area contributed by atoms with E-state index in [9.17, 15) is 4.79 Å². The van der Waals surface area contributed by atoms with Crippen molar-refractivity contribution in [3.8, 4) is 0 Å². The smallest absolute Gasteiger partial charge is 0.309 e. The third-order valence-corrected chi connectivity index (χ3v) is 3.66. The second kappa shape index (κ2) is 4.85. The number of anilines is 1. The molecule has 2 heterocycles. The van der Waals surface area contributed by atoms with Gasteiger partial charge in [0, 0.05) is 18.5 Å². The standard InChI is InChI=1S/C12H18N2O3S/c1-8-5-14(7-12(2,3)17-8)11-13-9(6-18-11)4-10(15)16/h6,8H,4-5,7H2,1-3H3,(H,15,16). The number of hydrogen-bond donors (Lipinski definition) is 1. The molecule has 100 valence electrons. The molecule has 1 aromatic heterocycles. The summed E-state index contributed by atoms with van der Waals surface area (Å²) in [4.78, 5) is 17.2. The van der Waals surface area contributed by atoms with E-state index in [1.165, 1.54) is 11.3 Å². The summed E-state index contributed by atoms with van der Waals surface area (Å²) in [7, 11) is 0. The number of rotatable bonds is 3. The molecule has 0 saturated carbocycles. The molecule has 0 aromatic carbocycles. The second-order valence-electron chi connectivity index (χ2n) is 5.26. The number of carboxylic acids is 1. The van der Waals surface area contributed by atoms with E-state index in [1.54, 1.807) is 0 Å². The largest absolute Gasteiger partial charge is 0.481 e. The Morgan fingerprint density at radius 3 is 3.06 bits per heavy atom. The first-order valence-electron chi connectivity index (χ1n) is 5.95. The van der Waals surface area contributed by atoms with Gasteiger partial charge in [0.05, 0.1) is 23.8 Å². The number of nitrogens with zero attached hydrogens (tertiary/aromatic N) is 2. The minimum atomic E-state index is -0.845. The van der Waals surface area contributed by atoms with Gasteiger partial charge in [-0.05, 0) is 20.8 Å². The summed E-state index contributed by atoms with van der Waals surface area (Å²) in [6.45, 7) is 7.73. The lowest BCUT2D eigenvalue weighted by molar-refractivity contribution is -0.136. The fourth-order valence-electron chi connectivity index (χ4n) is 2.28. The van der Waals surface area contributed by atoms with Crippen LogP contribution >= 0.6 is 11.3 Å². The van der Waals surface area contributed by atoms with E-state index in [-0.39, 0.29) is 18.1 Å². The summed E-state index contributed by atoms with van der Waals surface area (Å²) in [5, 5.41) is 11.4. The Bertz CT molecular complexity index is 444. The van der Waals surface area contributed by atoms with E-state index in [2.05, 4.69) is 23.7 Å². The van der Waals surface area contributed by atoms with Gasteiger partial charge in [-0.2, -0.15) is 0 Å². The fourth-order valence-corrected chi connectivity index (χ4v) is 3.11. The lowest BCUT2D eigenvalue weighted by Gasteiger charge is -2.41. The molecule has 0 spiro atoms. The zero-order valence-corrected chi connectivity index (χ0v) is 11.7. The molecule has 1 saturated heterocycles. The molecule has 6 heteroatoms. The van der Waals surface area contributed by atoms with E-state index in [1.807, 2.05) is 12.3 Å². The first-order chi connectivity index (χ1) is 8.35. The first kappa shape index (κ1) is 13.3. The molecule has 0 aliphatic carbocycles. The van der Waals surface area contributed by atoms with Crippen molar-refractivity contribution in [1.82, 2.24) is 4.98 Å². The number of carboxylic acid groups (broad SMARTS) is 1. The van der Waals surface area contributed by atoms with Crippen molar-refractivity contribution in [1.29, 1.82) is 0 Å². The second-order valence-corrected chi connectivity index (χ2v) is 6.10. The number of morpholine rings is 1. The van der Waals surface area contributed by atoms with Gasteiger partial charge in [-0.3, -0.25) is 4.79 Å². The average molecular weight is 270 g/mol. The summed E-state index contributed by atoms with van der Waals surface area (Å²) in [6, 6.07) is 0. The fraction of sp³-hybridized carbons (Fsp3) is 0.667. The summed E-state index contributed by atoms with van der Waals surface area (Å²) in [5.74, 6) is -0.845. The predicted octanol–water partition coefficient (Wildman–Crippen LogP) is 1.77. The van der Waals surface area contributed by atoms with Crippen LogP contribution in [0.5, 0.6) is 0 Å². The predicted molar refractivity (Wildman–Crippen MR) is 70.3 cm³/mol. The van der Waals surface area contributed by atoms with Crippen LogP contribution in [0.3, 0.4) is 0 Å². The third kappa shape index (κ3) is 3.20. The maximum atomic E-state index is 10.6. The van der Waals surface area contributed by atoms with Crippen LogP contribution in [0, 0.1) is 0 Å². The van der Waals surface area contributed by atoms with Gasteiger partial charge in [0.25, 0.3) is 0 Å². The third-order valence-electron chi connectivity index (χ3n) is 2.71. The van der Waals surface area contributed by atoms with Crippen molar-refractivity contribution in [3.05, 3.63) is 11.1 Å². The van der Waals surface area contributed by atoms with Crippen LogP contribution in [0.15, 0.2) is 5.38 Å².